The van der Waals surface area contributed by atoms with Gasteiger partial charge in [-0.2, -0.15) is 13.1 Å². The lowest BCUT2D eigenvalue weighted by molar-refractivity contribution is 0.457. The van der Waals surface area contributed by atoms with E-state index in [0.717, 1.165) is 16.0 Å². The summed E-state index contributed by atoms with van der Waals surface area (Å²) < 4.78 is 48.3. The molecule has 0 radical (unpaired) electrons. The van der Waals surface area contributed by atoms with Crippen LogP contribution in [0.15, 0.2) is 47.4 Å². The first-order chi connectivity index (χ1) is 10.5. The molecule has 0 bridgehead atoms. The predicted octanol–water partition coefficient (Wildman–Crippen LogP) is 2.65. The normalized spacial score (nSPS) is 12.1. The van der Waals surface area contributed by atoms with Gasteiger partial charge < -0.3 is 0 Å². The van der Waals surface area contributed by atoms with Crippen LogP contribution in [-0.4, -0.2) is 28.5 Å². The SMILES string of the molecule is CN(Cc1ccccc1F)S(=O)(=O)c1cccc2nsnc12. The van der Waals surface area contributed by atoms with E-state index in [0.29, 0.717) is 16.6 Å². The van der Waals surface area contributed by atoms with Gasteiger partial charge in [-0.05, 0) is 18.2 Å². The highest BCUT2D eigenvalue weighted by Crippen LogP contribution is 2.24. The second-order valence-corrected chi connectivity index (χ2v) is 7.28. The lowest BCUT2D eigenvalue weighted by Gasteiger charge is -2.17. The molecule has 5 nitrogen and oxygen atoms in total. The molecule has 1 aromatic heterocycles. The van der Waals surface area contributed by atoms with Crippen molar-refractivity contribution in [1.29, 1.82) is 0 Å². The number of sulfonamides is 1. The van der Waals surface area contributed by atoms with Gasteiger partial charge in [-0.3, -0.25) is 0 Å². The Balaban J connectivity index is 1.99. The van der Waals surface area contributed by atoms with Crippen molar-refractivity contribution in [2.24, 2.45) is 0 Å². The first-order valence-electron chi connectivity index (χ1n) is 6.41. The van der Waals surface area contributed by atoms with Crippen LogP contribution in [0, 0.1) is 5.82 Å². The van der Waals surface area contributed by atoms with Crippen LogP contribution in [0.4, 0.5) is 4.39 Å². The highest BCUT2D eigenvalue weighted by atomic mass is 32.2. The minimum atomic E-state index is -3.78. The molecule has 0 aliphatic rings. The molecule has 0 amide bonds. The maximum atomic E-state index is 13.7. The minimum Gasteiger partial charge on any atom is -0.207 e. The number of nitrogens with zero attached hydrogens (tertiary/aromatic N) is 3. The zero-order chi connectivity index (χ0) is 15.7. The number of halogens is 1. The maximum Gasteiger partial charge on any atom is 0.245 e. The maximum absolute atomic E-state index is 13.7. The summed E-state index contributed by atoms with van der Waals surface area (Å²) in [6.45, 7) is -0.0526. The van der Waals surface area contributed by atoms with E-state index in [1.807, 2.05) is 0 Å². The van der Waals surface area contributed by atoms with E-state index in [9.17, 15) is 12.8 Å². The van der Waals surface area contributed by atoms with Crippen LogP contribution in [0.3, 0.4) is 0 Å². The Bertz CT molecular complexity index is 924. The van der Waals surface area contributed by atoms with E-state index in [2.05, 4.69) is 8.75 Å². The Morgan fingerprint density at radius 2 is 1.91 bits per heavy atom. The van der Waals surface area contributed by atoms with Crippen LogP contribution < -0.4 is 0 Å². The lowest BCUT2D eigenvalue weighted by Crippen LogP contribution is -2.27. The van der Waals surface area contributed by atoms with Crippen molar-refractivity contribution in [3.05, 3.63) is 53.8 Å². The molecular formula is C14H12FN3O2S2. The summed E-state index contributed by atoms with van der Waals surface area (Å²) in [5.41, 5.74) is 1.19. The fourth-order valence-electron chi connectivity index (χ4n) is 2.11. The Hall–Kier alpha value is -1.90. The number of fused-ring (bicyclic) bond motifs is 1. The smallest absolute Gasteiger partial charge is 0.207 e. The van der Waals surface area contributed by atoms with Crippen molar-refractivity contribution in [2.75, 3.05) is 7.05 Å². The molecule has 0 aliphatic carbocycles. The van der Waals surface area contributed by atoms with Crippen LogP contribution in [0.5, 0.6) is 0 Å². The zero-order valence-electron chi connectivity index (χ0n) is 11.6. The molecule has 0 saturated heterocycles. The molecule has 0 saturated carbocycles. The van der Waals surface area contributed by atoms with E-state index in [1.54, 1.807) is 30.3 Å². The van der Waals surface area contributed by atoms with Gasteiger partial charge in [0.05, 0.1) is 11.7 Å². The quantitative estimate of drug-likeness (QED) is 0.734. The minimum absolute atomic E-state index is 0.0526. The standard InChI is InChI=1S/C14H12FN3O2S2/c1-18(9-10-5-2-3-6-11(10)15)22(19,20)13-8-4-7-12-14(13)17-21-16-12/h2-8H,9H2,1H3. The average Bonchev–Trinajstić information content (AvgIpc) is 2.97. The molecule has 114 valence electrons. The summed E-state index contributed by atoms with van der Waals surface area (Å²) in [5.74, 6) is -0.432. The molecule has 0 spiro atoms. The molecule has 8 heteroatoms. The van der Waals surface area contributed by atoms with Crippen molar-refractivity contribution in [2.45, 2.75) is 11.4 Å². The van der Waals surface area contributed by atoms with Gasteiger partial charge in [0, 0.05) is 19.2 Å². The monoisotopic (exact) mass is 337 g/mol. The fourth-order valence-corrected chi connectivity index (χ4v) is 4.01. The number of hydrogen-bond acceptors (Lipinski definition) is 5. The van der Waals surface area contributed by atoms with Gasteiger partial charge in [-0.1, -0.05) is 24.3 Å². The van der Waals surface area contributed by atoms with Gasteiger partial charge in [-0.15, -0.1) is 0 Å². The van der Waals surface area contributed by atoms with E-state index in [4.69, 9.17) is 0 Å². The number of rotatable bonds is 4. The number of hydrogen-bond donors (Lipinski definition) is 0. The topological polar surface area (TPSA) is 63.2 Å². The van der Waals surface area contributed by atoms with Gasteiger partial charge in [0.2, 0.25) is 10.0 Å². The van der Waals surface area contributed by atoms with Crippen LogP contribution in [0.25, 0.3) is 11.0 Å². The summed E-state index contributed by atoms with van der Waals surface area (Å²) in [7, 11) is -2.36. The van der Waals surface area contributed by atoms with Crippen LogP contribution in [-0.2, 0) is 16.6 Å². The molecule has 3 aromatic rings. The summed E-state index contributed by atoms with van der Waals surface area (Å²) in [5, 5.41) is 0. The van der Waals surface area contributed by atoms with Crippen LogP contribution in [0.2, 0.25) is 0 Å². The summed E-state index contributed by atoms with van der Waals surface area (Å²) in [4.78, 5) is 0.0811. The van der Waals surface area contributed by atoms with Gasteiger partial charge >= 0.3 is 0 Å². The Morgan fingerprint density at radius 1 is 1.14 bits per heavy atom. The van der Waals surface area contributed by atoms with Crippen molar-refractivity contribution in [3.63, 3.8) is 0 Å². The molecular weight excluding hydrogens is 325 g/mol. The molecule has 22 heavy (non-hydrogen) atoms. The van der Waals surface area contributed by atoms with Gasteiger partial charge in [-0.25, -0.2) is 12.8 Å². The molecule has 0 fully saturated rings. The van der Waals surface area contributed by atoms with Gasteiger partial charge in [0.1, 0.15) is 21.7 Å². The van der Waals surface area contributed by atoms with E-state index in [-0.39, 0.29) is 11.4 Å². The third-order valence-corrected chi connectivity index (χ3v) is 5.67. The summed E-state index contributed by atoms with van der Waals surface area (Å²) in [6.07, 6.45) is 0. The van der Waals surface area contributed by atoms with E-state index in [1.165, 1.54) is 19.2 Å². The van der Waals surface area contributed by atoms with Gasteiger partial charge in [0.15, 0.2) is 0 Å². The molecule has 1 heterocycles. The highest BCUT2D eigenvalue weighted by molar-refractivity contribution is 7.89. The fraction of sp³-hybridized carbons (Fsp3) is 0.143. The second kappa shape index (κ2) is 5.71. The largest absolute Gasteiger partial charge is 0.245 e. The van der Waals surface area contributed by atoms with Crippen molar-refractivity contribution in [1.82, 2.24) is 13.1 Å². The first-order valence-corrected chi connectivity index (χ1v) is 8.58. The van der Waals surface area contributed by atoms with Crippen molar-refractivity contribution >= 4 is 32.8 Å². The van der Waals surface area contributed by atoms with Gasteiger partial charge in [0.25, 0.3) is 0 Å². The predicted molar refractivity (Wildman–Crippen MR) is 82.5 cm³/mol. The third-order valence-electron chi connectivity index (χ3n) is 3.29. The second-order valence-electron chi connectivity index (χ2n) is 4.74. The summed E-state index contributed by atoms with van der Waals surface area (Å²) in [6, 6.07) is 10.9. The molecule has 0 N–H and O–H groups in total. The van der Waals surface area contributed by atoms with E-state index < -0.39 is 15.8 Å². The lowest BCUT2D eigenvalue weighted by atomic mass is 10.2. The first kappa shape index (κ1) is 15.0. The average molecular weight is 337 g/mol. The number of aromatic nitrogens is 2. The Labute approximate surface area is 131 Å². The molecule has 0 aliphatic heterocycles. The Morgan fingerprint density at radius 3 is 2.68 bits per heavy atom. The molecule has 2 aromatic carbocycles. The van der Waals surface area contributed by atoms with Crippen LogP contribution >= 0.6 is 11.7 Å². The Kier molecular flexibility index (Phi) is 3.90. The van der Waals surface area contributed by atoms with E-state index >= 15 is 0 Å². The van der Waals surface area contributed by atoms with Crippen LogP contribution in [0.1, 0.15) is 5.56 Å². The zero-order valence-corrected chi connectivity index (χ0v) is 13.2. The highest BCUT2D eigenvalue weighted by Gasteiger charge is 2.25. The van der Waals surface area contributed by atoms with Crippen molar-refractivity contribution in [3.8, 4) is 0 Å². The third kappa shape index (κ3) is 2.60. The summed E-state index contributed by atoms with van der Waals surface area (Å²) >= 11 is 0.958. The molecule has 3 rings (SSSR count). The molecule has 0 unspecified atom stereocenters. The van der Waals surface area contributed by atoms with Crippen molar-refractivity contribution < 1.29 is 12.8 Å². The molecule has 0 atom stereocenters. The number of benzene rings is 2.